The Balaban J connectivity index is 1.01. The van der Waals surface area contributed by atoms with Crippen molar-refractivity contribution < 1.29 is 0 Å². The van der Waals surface area contributed by atoms with E-state index >= 15 is 0 Å². The molecule has 12 aromatic rings. The zero-order valence-electron chi connectivity index (χ0n) is 39.1. The van der Waals surface area contributed by atoms with E-state index in [1.165, 1.54) is 131 Å². The summed E-state index contributed by atoms with van der Waals surface area (Å²) in [6, 6.07) is 78.0. The van der Waals surface area contributed by atoms with Gasteiger partial charge in [-0.25, -0.2) is 0 Å². The summed E-state index contributed by atoms with van der Waals surface area (Å²) in [6.07, 6.45) is 0. The highest BCUT2D eigenvalue weighted by atomic mass is 14.6. The maximum Gasteiger partial charge on any atom is 0.0318 e. The van der Waals surface area contributed by atoms with Gasteiger partial charge >= 0.3 is 0 Å². The predicted molar refractivity (Wildman–Crippen MR) is 290 cm³/mol. The molecule has 12 aromatic carbocycles. The Kier molecular flexibility index (Phi) is 8.45. The van der Waals surface area contributed by atoms with Gasteiger partial charge in [-0.3, -0.25) is 0 Å². The molecule has 1 aliphatic rings. The van der Waals surface area contributed by atoms with Gasteiger partial charge in [0.05, 0.1) is 0 Å². The summed E-state index contributed by atoms with van der Waals surface area (Å²) >= 11 is 0. The van der Waals surface area contributed by atoms with Crippen LogP contribution in [0, 0.1) is 10.8 Å². The van der Waals surface area contributed by atoms with Gasteiger partial charge in [-0.05, 0) is 166 Å². The molecule has 0 bridgehead atoms. The summed E-state index contributed by atoms with van der Waals surface area (Å²) in [6.45, 7) is 14.8. The Morgan fingerprint density at radius 1 is 0.269 bits per heavy atom. The summed E-state index contributed by atoms with van der Waals surface area (Å²) in [5, 5.41) is 18.1. The molecule has 0 spiro atoms. The largest absolute Gasteiger partial charge is 0.0616 e. The Morgan fingerprint density at radius 3 is 1.27 bits per heavy atom. The van der Waals surface area contributed by atoms with Crippen molar-refractivity contribution in [2.75, 3.05) is 0 Å². The lowest BCUT2D eigenvalue weighted by Crippen LogP contribution is -2.50. The fourth-order valence-corrected chi connectivity index (χ4v) is 13.4. The molecule has 13 rings (SSSR count). The lowest BCUT2D eigenvalue weighted by Gasteiger charge is -2.53. The lowest BCUT2D eigenvalue weighted by atomic mass is 9.49. The molecule has 0 radical (unpaired) electrons. The topological polar surface area (TPSA) is 0 Å². The van der Waals surface area contributed by atoms with Crippen molar-refractivity contribution in [2.24, 2.45) is 10.8 Å². The number of benzene rings is 12. The van der Waals surface area contributed by atoms with Gasteiger partial charge in [0.1, 0.15) is 0 Å². The number of fused-ring (bicyclic) bond motifs is 14. The Bertz CT molecular complexity index is 3960. The van der Waals surface area contributed by atoms with Crippen molar-refractivity contribution in [2.45, 2.75) is 47.0 Å². The summed E-state index contributed by atoms with van der Waals surface area (Å²) in [7, 11) is 0. The average Bonchev–Trinajstić information content (AvgIpc) is 3.67. The van der Waals surface area contributed by atoms with E-state index < -0.39 is 0 Å². The predicted octanol–water partition coefficient (Wildman–Crippen LogP) is 19.1. The van der Waals surface area contributed by atoms with Gasteiger partial charge in [-0.15, -0.1) is 0 Å². The highest BCUT2D eigenvalue weighted by molar-refractivity contribution is 6.26. The van der Waals surface area contributed by atoms with Gasteiger partial charge in [0.25, 0.3) is 0 Å². The zero-order chi connectivity index (χ0) is 45.4. The summed E-state index contributed by atoms with van der Waals surface area (Å²) in [4.78, 5) is 0. The van der Waals surface area contributed by atoms with E-state index in [0.717, 1.165) is 0 Å². The van der Waals surface area contributed by atoms with Crippen LogP contribution in [0.3, 0.4) is 0 Å². The number of hydrogen-bond acceptors (Lipinski definition) is 0. The average molecular weight is 857 g/mol. The van der Waals surface area contributed by atoms with Crippen molar-refractivity contribution in [1.82, 2.24) is 0 Å². The SMILES string of the molecule is CC(C)(C)C1(C(C)(C)C)c2cc3ccccc3cc2-c2c1c1ccc(-c3ccc(-c4c5ccccc5c(-c5cc6ccccc6c6ccccc56)c5ccccc45)cc3)cc1c1ccccc21. The van der Waals surface area contributed by atoms with Crippen molar-refractivity contribution in [3.05, 3.63) is 217 Å². The first-order chi connectivity index (χ1) is 32.5. The van der Waals surface area contributed by atoms with Crippen LogP contribution in [0.1, 0.15) is 52.7 Å². The molecule has 0 nitrogen and oxygen atoms in total. The summed E-state index contributed by atoms with van der Waals surface area (Å²) in [5.74, 6) is 0. The van der Waals surface area contributed by atoms with Crippen molar-refractivity contribution in [3.63, 3.8) is 0 Å². The van der Waals surface area contributed by atoms with E-state index in [-0.39, 0.29) is 16.2 Å². The molecule has 0 saturated heterocycles. The first kappa shape index (κ1) is 39.8. The third-order valence-corrected chi connectivity index (χ3v) is 15.7. The smallest absolute Gasteiger partial charge is 0.0318 e. The van der Waals surface area contributed by atoms with Crippen molar-refractivity contribution in [3.8, 4) is 44.5 Å². The third-order valence-electron chi connectivity index (χ3n) is 15.7. The number of rotatable bonds is 3. The Hall–Kier alpha value is -7.54. The van der Waals surface area contributed by atoms with E-state index in [9.17, 15) is 0 Å². The molecule has 0 N–H and O–H groups in total. The van der Waals surface area contributed by atoms with E-state index in [1.807, 2.05) is 0 Å². The fraction of sp³-hybridized carbons (Fsp3) is 0.134. The molecular formula is C67H52. The minimum Gasteiger partial charge on any atom is -0.0616 e. The minimum atomic E-state index is -0.261. The van der Waals surface area contributed by atoms with E-state index in [2.05, 4.69) is 248 Å². The Labute approximate surface area is 393 Å². The van der Waals surface area contributed by atoms with Gasteiger partial charge < -0.3 is 0 Å². The van der Waals surface area contributed by atoms with Gasteiger partial charge in [0.15, 0.2) is 0 Å². The van der Waals surface area contributed by atoms with Gasteiger partial charge in [0.2, 0.25) is 0 Å². The van der Waals surface area contributed by atoms with Crippen LogP contribution in [0.2, 0.25) is 0 Å². The van der Waals surface area contributed by atoms with Crippen LogP contribution in [-0.4, -0.2) is 0 Å². The lowest BCUT2D eigenvalue weighted by molar-refractivity contribution is 0.0965. The maximum absolute atomic E-state index is 2.53. The molecule has 0 saturated carbocycles. The number of hydrogen-bond donors (Lipinski definition) is 0. The second-order valence-corrected chi connectivity index (χ2v) is 21.2. The van der Waals surface area contributed by atoms with Crippen LogP contribution in [-0.2, 0) is 5.41 Å². The molecule has 0 atom stereocenters. The van der Waals surface area contributed by atoms with Crippen LogP contribution in [0.25, 0.3) is 120 Å². The van der Waals surface area contributed by atoms with Crippen molar-refractivity contribution >= 4 is 75.4 Å². The molecular weight excluding hydrogens is 805 g/mol. The minimum absolute atomic E-state index is 0.0899. The molecule has 320 valence electrons. The quantitative estimate of drug-likeness (QED) is 0.123. The monoisotopic (exact) mass is 856 g/mol. The molecule has 0 fully saturated rings. The molecule has 0 heteroatoms. The first-order valence-corrected chi connectivity index (χ1v) is 24.0. The van der Waals surface area contributed by atoms with Crippen LogP contribution < -0.4 is 0 Å². The third kappa shape index (κ3) is 5.54. The normalized spacial score (nSPS) is 13.6. The van der Waals surface area contributed by atoms with Crippen LogP contribution in [0.15, 0.2) is 206 Å². The maximum atomic E-state index is 2.53. The van der Waals surface area contributed by atoms with Crippen LogP contribution in [0.5, 0.6) is 0 Å². The zero-order valence-corrected chi connectivity index (χ0v) is 39.1. The van der Waals surface area contributed by atoms with E-state index in [1.54, 1.807) is 0 Å². The van der Waals surface area contributed by atoms with Gasteiger partial charge in [-0.2, -0.15) is 0 Å². The van der Waals surface area contributed by atoms with E-state index in [4.69, 9.17) is 0 Å². The van der Waals surface area contributed by atoms with Gasteiger partial charge in [-0.1, -0.05) is 224 Å². The summed E-state index contributed by atoms with van der Waals surface area (Å²) in [5.41, 5.74) is 12.8. The molecule has 0 amide bonds. The van der Waals surface area contributed by atoms with Gasteiger partial charge in [0, 0.05) is 5.41 Å². The molecule has 0 heterocycles. The second-order valence-electron chi connectivity index (χ2n) is 21.2. The second kappa shape index (κ2) is 14.2. The van der Waals surface area contributed by atoms with Crippen LogP contribution >= 0.6 is 0 Å². The molecule has 0 aliphatic heterocycles. The fourth-order valence-electron chi connectivity index (χ4n) is 13.4. The first-order valence-electron chi connectivity index (χ1n) is 24.0. The molecule has 1 aliphatic carbocycles. The van der Waals surface area contributed by atoms with E-state index in [0.29, 0.717) is 0 Å². The highest BCUT2D eigenvalue weighted by Gasteiger charge is 2.58. The molecule has 0 unspecified atom stereocenters. The standard InChI is InChI=1S/C67H52/c1-65(2,3)67(66(4,5)6)60-40-44-20-8-7-19-43(44)38-59(60)63-51-26-14-13-25-50(51)57-37-45(35-36-56(57)64(63)67)41-31-33-42(34-32-41)61-52-27-15-17-29-54(52)62(55-30-18-16-28-53(55)61)58-39-46-21-9-10-22-47(46)48-23-11-12-24-49(48)58/h7-40H,1-6H3. The Morgan fingerprint density at radius 2 is 0.687 bits per heavy atom. The highest BCUT2D eigenvalue weighted by Crippen LogP contribution is 2.67. The summed E-state index contributed by atoms with van der Waals surface area (Å²) < 4.78 is 0. The molecule has 0 aromatic heterocycles. The molecule has 67 heavy (non-hydrogen) atoms. The van der Waals surface area contributed by atoms with Crippen molar-refractivity contribution in [1.29, 1.82) is 0 Å². The van der Waals surface area contributed by atoms with Crippen LogP contribution in [0.4, 0.5) is 0 Å².